The van der Waals surface area contributed by atoms with Gasteiger partial charge in [-0.15, -0.1) is 0 Å². The van der Waals surface area contributed by atoms with E-state index in [9.17, 15) is 14.4 Å². The Balaban J connectivity index is 2.67. The highest BCUT2D eigenvalue weighted by Gasteiger charge is 2.18. The summed E-state index contributed by atoms with van der Waals surface area (Å²) < 4.78 is 13.6. The SMILES string of the molecule is O=C(O)Oc1ccc2c(OC(=O)O)cccc2c1OC(=O)O. The molecule has 9 nitrogen and oxygen atoms in total. The van der Waals surface area contributed by atoms with Crippen molar-refractivity contribution in [3.8, 4) is 17.2 Å². The summed E-state index contributed by atoms with van der Waals surface area (Å²) in [6.07, 6.45) is -4.90. The van der Waals surface area contributed by atoms with Crippen molar-refractivity contribution in [1.29, 1.82) is 0 Å². The first-order valence-corrected chi connectivity index (χ1v) is 5.66. The molecular weight excluding hydrogens is 300 g/mol. The van der Waals surface area contributed by atoms with Gasteiger partial charge in [-0.25, -0.2) is 14.4 Å². The molecule has 0 aromatic heterocycles. The van der Waals surface area contributed by atoms with Crippen molar-refractivity contribution >= 4 is 29.2 Å². The molecule has 9 heteroatoms. The lowest BCUT2D eigenvalue weighted by Gasteiger charge is -2.11. The Bertz CT molecular complexity index is 765. The fraction of sp³-hybridized carbons (Fsp3) is 0. The van der Waals surface area contributed by atoms with Gasteiger partial charge in [0, 0.05) is 10.8 Å². The van der Waals surface area contributed by atoms with Crippen molar-refractivity contribution < 1.29 is 43.9 Å². The quantitative estimate of drug-likeness (QED) is 0.576. The number of rotatable bonds is 3. The summed E-state index contributed by atoms with van der Waals surface area (Å²) in [5.74, 6) is -0.805. The van der Waals surface area contributed by atoms with Gasteiger partial charge in [0.25, 0.3) is 0 Å². The summed E-state index contributed by atoms with van der Waals surface area (Å²) in [5, 5.41) is 26.4. The van der Waals surface area contributed by atoms with E-state index in [0.717, 1.165) is 6.07 Å². The third-order valence-electron chi connectivity index (χ3n) is 2.52. The predicted molar refractivity (Wildman–Crippen MR) is 69.9 cm³/mol. The highest BCUT2D eigenvalue weighted by Crippen LogP contribution is 2.39. The van der Waals surface area contributed by atoms with Gasteiger partial charge in [-0.1, -0.05) is 12.1 Å². The highest BCUT2D eigenvalue weighted by atomic mass is 16.7. The van der Waals surface area contributed by atoms with Crippen molar-refractivity contribution in [2.45, 2.75) is 0 Å². The lowest BCUT2D eigenvalue weighted by atomic mass is 10.1. The molecule has 0 unspecified atom stereocenters. The van der Waals surface area contributed by atoms with Gasteiger partial charge < -0.3 is 29.5 Å². The number of carbonyl (C=O) groups is 3. The van der Waals surface area contributed by atoms with Gasteiger partial charge in [-0.05, 0) is 18.2 Å². The van der Waals surface area contributed by atoms with E-state index in [0.29, 0.717) is 0 Å². The highest BCUT2D eigenvalue weighted by molar-refractivity contribution is 5.97. The third-order valence-corrected chi connectivity index (χ3v) is 2.52. The normalized spacial score (nSPS) is 10.0. The predicted octanol–water partition coefficient (Wildman–Crippen LogP) is 3.01. The fourth-order valence-corrected chi connectivity index (χ4v) is 1.83. The summed E-state index contributed by atoms with van der Waals surface area (Å²) in [7, 11) is 0. The van der Waals surface area contributed by atoms with Crippen LogP contribution in [0.25, 0.3) is 10.8 Å². The van der Waals surface area contributed by atoms with E-state index in [1.165, 1.54) is 24.3 Å². The average molecular weight is 308 g/mol. The molecule has 2 rings (SSSR count). The molecule has 0 aliphatic carbocycles. The van der Waals surface area contributed by atoms with Crippen LogP contribution in [-0.2, 0) is 0 Å². The number of hydrogen-bond acceptors (Lipinski definition) is 6. The number of carboxylic acid groups (broad SMARTS) is 3. The number of benzene rings is 2. The molecule has 0 aliphatic heterocycles. The average Bonchev–Trinajstić information content (AvgIpc) is 2.40. The summed E-state index contributed by atoms with van der Waals surface area (Å²) in [4.78, 5) is 32.0. The molecule has 0 fully saturated rings. The van der Waals surface area contributed by atoms with Crippen LogP contribution in [0.15, 0.2) is 30.3 Å². The molecule has 114 valence electrons. The van der Waals surface area contributed by atoms with Gasteiger partial charge in [0.15, 0.2) is 11.5 Å². The van der Waals surface area contributed by atoms with Gasteiger partial charge in [0.2, 0.25) is 0 Å². The zero-order chi connectivity index (χ0) is 16.3. The summed E-state index contributed by atoms with van der Waals surface area (Å²) in [6, 6.07) is 6.58. The van der Waals surface area contributed by atoms with Gasteiger partial charge in [-0.3, -0.25) is 0 Å². The van der Waals surface area contributed by atoms with Gasteiger partial charge >= 0.3 is 18.5 Å². The summed E-state index contributed by atoms with van der Waals surface area (Å²) >= 11 is 0. The number of fused-ring (bicyclic) bond motifs is 1. The Kier molecular flexibility index (Phi) is 3.98. The molecule has 2 aromatic carbocycles. The minimum atomic E-state index is -1.69. The van der Waals surface area contributed by atoms with Crippen molar-refractivity contribution in [3.63, 3.8) is 0 Å². The van der Waals surface area contributed by atoms with Crippen LogP contribution in [0.4, 0.5) is 14.4 Å². The van der Waals surface area contributed by atoms with Gasteiger partial charge in [0.05, 0.1) is 0 Å². The Labute approximate surface area is 121 Å². The molecule has 0 radical (unpaired) electrons. The molecule has 2 aromatic rings. The van der Waals surface area contributed by atoms with Crippen LogP contribution in [0.2, 0.25) is 0 Å². The standard InChI is InChI=1S/C13H8O9/c14-11(15)20-8-3-1-2-7-6(8)4-5-9(21-12(16)17)10(7)22-13(18)19/h1-5H,(H,14,15)(H,16,17)(H,18,19). The van der Waals surface area contributed by atoms with E-state index in [-0.39, 0.29) is 28.0 Å². The maximum Gasteiger partial charge on any atom is 0.511 e. The van der Waals surface area contributed by atoms with E-state index in [4.69, 9.17) is 15.3 Å². The summed E-state index contributed by atoms with van der Waals surface area (Å²) in [5.41, 5.74) is 0. The molecule has 3 N–H and O–H groups in total. The molecule has 0 spiro atoms. The lowest BCUT2D eigenvalue weighted by molar-refractivity contribution is 0.133. The first-order chi connectivity index (χ1) is 10.4. The van der Waals surface area contributed by atoms with Crippen LogP contribution < -0.4 is 14.2 Å². The van der Waals surface area contributed by atoms with Crippen molar-refractivity contribution in [3.05, 3.63) is 30.3 Å². The van der Waals surface area contributed by atoms with E-state index >= 15 is 0 Å². The Morgan fingerprint density at radius 3 is 1.86 bits per heavy atom. The first-order valence-electron chi connectivity index (χ1n) is 5.66. The molecule has 0 amide bonds. The molecular formula is C13H8O9. The van der Waals surface area contributed by atoms with E-state index < -0.39 is 18.5 Å². The van der Waals surface area contributed by atoms with Crippen molar-refractivity contribution in [2.24, 2.45) is 0 Å². The Morgan fingerprint density at radius 1 is 0.682 bits per heavy atom. The second-order valence-corrected chi connectivity index (χ2v) is 3.85. The van der Waals surface area contributed by atoms with Crippen LogP contribution >= 0.6 is 0 Å². The maximum absolute atomic E-state index is 10.8. The van der Waals surface area contributed by atoms with Crippen LogP contribution in [0.3, 0.4) is 0 Å². The molecule has 0 saturated carbocycles. The minimum Gasteiger partial charge on any atom is -0.449 e. The van der Waals surface area contributed by atoms with Crippen molar-refractivity contribution in [2.75, 3.05) is 0 Å². The minimum absolute atomic E-state index is 0.0675. The van der Waals surface area contributed by atoms with E-state index in [1.807, 2.05) is 0 Å². The second kappa shape index (κ2) is 5.87. The Hall–Kier alpha value is -3.49. The number of ether oxygens (including phenoxy) is 3. The molecule has 0 heterocycles. The topological polar surface area (TPSA) is 140 Å². The molecule has 0 atom stereocenters. The maximum atomic E-state index is 10.8. The molecule has 0 saturated heterocycles. The zero-order valence-corrected chi connectivity index (χ0v) is 10.7. The first kappa shape index (κ1) is 14.9. The van der Waals surface area contributed by atoms with Crippen molar-refractivity contribution in [1.82, 2.24) is 0 Å². The largest absolute Gasteiger partial charge is 0.511 e. The number of hydrogen-bond donors (Lipinski definition) is 3. The van der Waals surface area contributed by atoms with Crippen LogP contribution in [0.5, 0.6) is 17.2 Å². The van der Waals surface area contributed by atoms with Crippen LogP contribution in [0.1, 0.15) is 0 Å². The lowest BCUT2D eigenvalue weighted by Crippen LogP contribution is -2.09. The van der Waals surface area contributed by atoms with Crippen LogP contribution in [0, 0.1) is 0 Å². The molecule has 0 aliphatic rings. The van der Waals surface area contributed by atoms with Gasteiger partial charge in [-0.2, -0.15) is 0 Å². The van der Waals surface area contributed by atoms with Gasteiger partial charge in [0.1, 0.15) is 5.75 Å². The smallest absolute Gasteiger partial charge is 0.449 e. The molecule has 22 heavy (non-hydrogen) atoms. The Morgan fingerprint density at radius 2 is 1.27 bits per heavy atom. The fourth-order valence-electron chi connectivity index (χ4n) is 1.83. The summed E-state index contributed by atoms with van der Waals surface area (Å²) in [6.45, 7) is 0. The van der Waals surface area contributed by atoms with E-state index in [2.05, 4.69) is 14.2 Å². The third kappa shape index (κ3) is 3.15. The zero-order valence-electron chi connectivity index (χ0n) is 10.7. The second-order valence-electron chi connectivity index (χ2n) is 3.85. The monoisotopic (exact) mass is 308 g/mol. The molecule has 0 bridgehead atoms. The van der Waals surface area contributed by atoms with Crippen LogP contribution in [-0.4, -0.2) is 33.8 Å². The van der Waals surface area contributed by atoms with E-state index in [1.54, 1.807) is 0 Å².